The van der Waals surface area contributed by atoms with Crippen molar-refractivity contribution in [3.05, 3.63) is 60.2 Å². The Morgan fingerprint density at radius 1 is 1.00 bits per heavy atom. The first-order valence-electron chi connectivity index (χ1n) is 8.54. The number of nitrogens with zero attached hydrogens (tertiary/aromatic N) is 1. The number of benzene rings is 2. The second-order valence-electron chi connectivity index (χ2n) is 6.37. The summed E-state index contributed by atoms with van der Waals surface area (Å²) in [4.78, 5) is 48.7. The zero-order valence-electron chi connectivity index (χ0n) is 15.4. The van der Waals surface area contributed by atoms with Gasteiger partial charge >= 0.3 is 12.2 Å². The lowest BCUT2D eigenvalue weighted by Crippen LogP contribution is -2.69. The SMILES string of the molecule is CC(=O)Nc1ccc(N2C(=O)NC(NC(=O)c3ccccc3)(C(F)(F)F)C2=O)cc1. The highest BCUT2D eigenvalue weighted by molar-refractivity contribution is 6.24. The van der Waals surface area contributed by atoms with E-state index >= 15 is 0 Å². The first kappa shape index (κ1) is 20.8. The van der Waals surface area contributed by atoms with Gasteiger partial charge in [-0.2, -0.15) is 13.2 Å². The number of urea groups is 1. The van der Waals surface area contributed by atoms with Crippen LogP contribution in [0.1, 0.15) is 17.3 Å². The molecule has 0 bridgehead atoms. The van der Waals surface area contributed by atoms with E-state index in [0.717, 1.165) is 0 Å². The molecule has 2 aromatic carbocycles. The molecule has 1 heterocycles. The van der Waals surface area contributed by atoms with E-state index in [1.807, 2.05) is 0 Å². The van der Waals surface area contributed by atoms with Crippen molar-refractivity contribution >= 4 is 35.1 Å². The summed E-state index contributed by atoms with van der Waals surface area (Å²) in [6.07, 6.45) is -5.32. The average Bonchev–Trinajstić information content (AvgIpc) is 2.93. The van der Waals surface area contributed by atoms with Crippen molar-refractivity contribution in [1.82, 2.24) is 10.6 Å². The molecule has 0 radical (unpaired) electrons. The maximum Gasteiger partial charge on any atom is 0.440 e. The van der Waals surface area contributed by atoms with Crippen molar-refractivity contribution in [2.75, 3.05) is 10.2 Å². The second kappa shape index (κ2) is 7.50. The fourth-order valence-electron chi connectivity index (χ4n) is 2.84. The van der Waals surface area contributed by atoms with Gasteiger partial charge in [0.15, 0.2) is 0 Å². The Bertz CT molecular complexity index is 1010. The summed E-state index contributed by atoms with van der Waals surface area (Å²) >= 11 is 0. The molecule has 0 aromatic heterocycles. The third-order valence-corrected chi connectivity index (χ3v) is 4.23. The van der Waals surface area contributed by atoms with Gasteiger partial charge < -0.3 is 10.6 Å². The summed E-state index contributed by atoms with van der Waals surface area (Å²) in [5, 5.41) is 5.64. The van der Waals surface area contributed by atoms with E-state index in [1.54, 1.807) is 16.7 Å². The number of nitrogens with one attached hydrogen (secondary N) is 3. The van der Waals surface area contributed by atoms with E-state index in [4.69, 9.17) is 0 Å². The molecule has 8 nitrogen and oxygen atoms in total. The van der Waals surface area contributed by atoms with Crippen molar-refractivity contribution in [3.63, 3.8) is 0 Å². The fraction of sp³-hybridized carbons (Fsp3) is 0.158. The van der Waals surface area contributed by atoms with Crippen molar-refractivity contribution in [2.45, 2.75) is 18.8 Å². The topological polar surface area (TPSA) is 108 Å². The van der Waals surface area contributed by atoms with Gasteiger partial charge in [0.1, 0.15) is 0 Å². The lowest BCUT2D eigenvalue weighted by Gasteiger charge is -2.29. The molecule has 2 aromatic rings. The van der Waals surface area contributed by atoms with Crippen molar-refractivity contribution in [2.24, 2.45) is 0 Å². The van der Waals surface area contributed by atoms with Crippen LogP contribution in [0.25, 0.3) is 0 Å². The highest BCUT2D eigenvalue weighted by Gasteiger charge is 2.69. The zero-order chi connectivity index (χ0) is 22.1. The zero-order valence-corrected chi connectivity index (χ0v) is 15.4. The summed E-state index contributed by atoms with van der Waals surface area (Å²) < 4.78 is 41.7. The number of carbonyl (C=O) groups excluding carboxylic acids is 4. The van der Waals surface area contributed by atoms with Gasteiger partial charge in [-0.05, 0) is 36.4 Å². The Labute approximate surface area is 168 Å². The molecule has 1 aliphatic rings. The normalized spacial score (nSPS) is 18.7. The average molecular weight is 420 g/mol. The molecule has 0 spiro atoms. The van der Waals surface area contributed by atoms with E-state index < -0.39 is 29.7 Å². The minimum Gasteiger partial charge on any atom is -0.326 e. The van der Waals surface area contributed by atoms with Gasteiger partial charge in [-0.3, -0.25) is 19.7 Å². The number of amides is 5. The van der Waals surface area contributed by atoms with Crippen LogP contribution in [0.15, 0.2) is 54.6 Å². The number of imide groups is 1. The molecule has 156 valence electrons. The lowest BCUT2D eigenvalue weighted by atomic mass is 10.1. The molecule has 1 atom stereocenters. The molecule has 0 aliphatic carbocycles. The molecule has 1 unspecified atom stereocenters. The molecular formula is C19H15F3N4O4. The molecular weight excluding hydrogens is 405 g/mol. The van der Waals surface area contributed by atoms with E-state index in [-0.39, 0.29) is 22.1 Å². The van der Waals surface area contributed by atoms with E-state index in [9.17, 15) is 32.3 Å². The van der Waals surface area contributed by atoms with Crippen molar-refractivity contribution in [3.8, 4) is 0 Å². The minimum absolute atomic E-state index is 0.124. The molecule has 1 fully saturated rings. The van der Waals surface area contributed by atoms with E-state index in [0.29, 0.717) is 5.69 Å². The van der Waals surface area contributed by atoms with Crippen molar-refractivity contribution in [1.29, 1.82) is 0 Å². The molecule has 3 N–H and O–H groups in total. The van der Waals surface area contributed by atoms with Crippen LogP contribution in [0.5, 0.6) is 0 Å². The maximum atomic E-state index is 13.9. The van der Waals surface area contributed by atoms with Crippen LogP contribution >= 0.6 is 0 Å². The number of hydrogen-bond donors (Lipinski definition) is 3. The Kier molecular flexibility index (Phi) is 5.21. The lowest BCUT2D eigenvalue weighted by molar-refractivity contribution is -0.197. The standard InChI is InChI=1S/C19H15F3N4O4/c1-11(27)23-13-7-9-14(10-8-13)26-16(29)18(19(20,21)22,25-17(26)30)24-15(28)12-5-3-2-4-6-12/h2-10H,1H3,(H,23,27)(H,24,28)(H,25,30). The van der Waals surface area contributed by atoms with Crippen LogP contribution < -0.4 is 20.9 Å². The molecule has 11 heteroatoms. The van der Waals surface area contributed by atoms with Crippen LogP contribution in [0, 0.1) is 0 Å². The van der Waals surface area contributed by atoms with Crippen molar-refractivity contribution < 1.29 is 32.3 Å². The highest BCUT2D eigenvalue weighted by atomic mass is 19.4. The summed E-state index contributed by atoms with van der Waals surface area (Å²) in [5.41, 5.74) is -3.61. The molecule has 1 saturated heterocycles. The van der Waals surface area contributed by atoms with E-state index in [1.165, 1.54) is 55.5 Å². The number of anilines is 2. The molecule has 3 rings (SSSR count). The predicted octanol–water partition coefficient (Wildman–Crippen LogP) is 2.39. The highest BCUT2D eigenvalue weighted by Crippen LogP contribution is 2.36. The Hall–Kier alpha value is -3.89. The first-order chi connectivity index (χ1) is 14.0. The summed E-state index contributed by atoms with van der Waals surface area (Å²) in [6.45, 7) is 1.26. The van der Waals surface area contributed by atoms with Gasteiger partial charge in [0.2, 0.25) is 5.91 Å². The van der Waals surface area contributed by atoms with Crippen LogP contribution in [0.2, 0.25) is 0 Å². The van der Waals surface area contributed by atoms with E-state index in [2.05, 4.69) is 5.32 Å². The summed E-state index contributed by atoms with van der Waals surface area (Å²) in [5.74, 6) is -3.28. The van der Waals surface area contributed by atoms with Gasteiger partial charge in [0, 0.05) is 18.2 Å². The van der Waals surface area contributed by atoms with Gasteiger partial charge in [-0.25, -0.2) is 9.69 Å². The van der Waals surface area contributed by atoms with Crippen LogP contribution in [0.4, 0.5) is 29.3 Å². The van der Waals surface area contributed by atoms with Gasteiger partial charge in [0.25, 0.3) is 17.5 Å². The number of carbonyl (C=O) groups is 4. The third kappa shape index (κ3) is 3.69. The Morgan fingerprint density at radius 3 is 2.13 bits per heavy atom. The third-order valence-electron chi connectivity index (χ3n) is 4.23. The number of halogens is 3. The molecule has 30 heavy (non-hydrogen) atoms. The Morgan fingerprint density at radius 2 is 1.60 bits per heavy atom. The van der Waals surface area contributed by atoms with Gasteiger partial charge in [-0.1, -0.05) is 18.2 Å². The maximum absolute atomic E-state index is 13.9. The summed E-state index contributed by atoms with van der Waals surface area (Å²) in [6, 6.07) is 10.6. The summed E-state index contributed by atoms with van der Waals surface area (Å²) in [7, 11) is 0. The predicted molar refractivity (Wildman–Crippen MR) is 99.5 cm³/mol. The quantitative estimate of drug-likeness (QED) is 0.660. The first-order valence-corrected chi connectivity index (χ1v) is 8.54. The number of alkyl halides is 3. The largest absolute Gasteiger partial charge is 0.440 e. The van der Waals surface area contributed by atoms with Gasteiger partial charge in [0.05, 0.1) is 5.69 Å². The molecule has 1 aliphatic heterocycles. The number of hydrogen-bond acceptors (Lipinski definition) is 4. The monoisotopic (exact) mass is 420 g/mol. The minimum atomic E-state index is -5.32. The second-order valence-corrected chi connectivity index (χ2v) is 6.37. The number of rotatable bonds is 4. The fourth-order valence-corrected chi connectivity index (χ4v) is 2.84. The molecule has 5 amide bonds. The smallest absolute Gasteiger partial charge is 0.326 e. The van der Waals surface area contributed by atoms with Gasteiger partial charge in [-0.15, -0.1) is 0 Å². The Balaban J connectivity index is 1.94. The van der Waals surface area contributed by atoms with Crippen LogP contribution in [-0.4, -0.2) is 35.6 Å². The van der Waals surface area contributed by atoms with Crippen LogP contribution in [0.3, 0.4) is 0 Å². The molecule has 0 saturated carbocycles. The van der Waals surface area contributed by atoms with Crippen LogP contribution in [-0.2, 0) is 9.59 Å².